The Hall–Kier alpha value is -0.900. The number of aromatic nitrogens is 3. The van der Waals surface area contributed by atoms with Crippen molar-refractivity contribution in [3.63, 3.8) is 0 Å². The Kier molecular flexibility index (Phi) is 2.31. The van der Waals surface area contributed by atoms with Crippen molar-refractivity contribution >= 4 is 0 Å². The van der Waals surface area contributed by atoms with Gasteiger partial charge in [0.15, 0.2) is 0 Å². The van der Waals surface area contributed by atoms with Crippen molar-refractivity contribution < 1.29 is 5.11 Å². The highest BCUT2D eigenvalue weighted by molar-refractivity contribution is 4.95. The standard InChI is InChI=1S/C9H15N3O/c1-7(13)9-6-12(11-10-9)5-8-3-2-4-8/h6-8,13H,2-5H2,1H3/t7-/m1/s1. The highest BCUT2D eigenvalue weighted by Crippen LogP contribution is 2.27. The van der Waals surface area contributed by atoms with Crippen LogP contribution < -0.4 is 0 Å². The Bertz CT molecular complexity index is 278. The maximum absolute atomic E-state index is 9.23. The largest absolute Gasteiger partial charge is 0.387 e. The summed E-state index contributed by atoms with van der Waals surface area (Å²) in [4.78, 5) is 0. The quantitative estimate of drug-likeness (QED) is 0.760. The first kappa shape index (κ1) is 8.69. The molecule has 4 heteroatoms. The molecule has 1 N–H and O–H groups in total. The summed E-state index contributed by atoms with van der Waals surface area (Å²) >= 11 is 0. The molecule has 72 valence electrons. The van der Waals surface area contributed by atoms with E-state index in [1.165, 1.54) is 19.3 Å². The van der Waals surface area contributed by atoms with Crippen LogP contribution in [0.25, 0.3) is 0 Å². The van der Waals surface area contributed by atoms with Gasteiger partial charge >= 0.3 is 0 Å². The van der Waals surface area contributed by atoms with Crippen molar-refractivity contribution in [2.45, 2.75) is 38.8 Å². The number of nitrogens with zero attached hydrogens (tertiary/aromatic N) is 3. The Balaban J connectivity index is 1.96. The third kappa shape index (κ3) is 1.88. The number of aliphatic hydroxyl groups excluding tert-OH is 1. The predicted molar refractivity (Wildman–Crippen MR) is 48.0 cm³/mol. The molecule has 1 heterocycles. The van der Waals surface area contributed by atoms with Crippen LogP contribution in [0.15, 0.2) is 6.20 Å². The van der Waals surface area contributed by atoms with Crippen LogP contribution in [0.4, 0.5) is 0 Å². The molecule has 0 spiro atoms. The molecule has 0 radical (unpaired) electrons. The molecular weight excluding hydrogens is 166 g/mol. The molecule has 0 aliphatic heterocycles. The topological polar surface area (TPSA) is 50.9 Å². The van der Waals surface area contributed by atoms with Gasteiger partial charge in [-0.15, -0.1) is 5.10 Å². The van der Waals surface area contributed by atoms with Gasteiger partial charge in [-0.25, -0.2) is 0 Å². The average Bonchev–Trinajstić information content (AvgIpc) is 2.44. The molecule has 4 nitrogen and oxygen atoms in total. The van der Waals surface area contributed by atoms with Crippen LogP contribution in [-0.2, 0) is 6.54 Å². The second-order valence-electron chi connectivity index (χ2n) is 3.84. The minimum atomic E-state index is -0.504. The third-order valence-electron chi connectivity index (χ3n) is 2.65. The Labute approximate surface area is 77.6 Å². The van der Waals surface area contributed by atoms with E-state index in [1.54, 1.807) is 6.92 Å². The second kappa shape index (κ2) is 3.46. The summed E-state index contributed by atoms with van der Waals surface area (Å²) in [6, 6.07) is 0. The lowest BCUT2D eigenvalue weighted by Gasteiger charge is -2.24. The smallest absolute Gasteiger partial charge is 0.111 e. The Morgan fingerprint density at radius 3 is 2.92 bits per heavy atom. The first-order chi connectivity index (χ1) is 6.25. The van der Waals surface area contributed by atoms with Crippen molar-refractivity contribution in [3.05, 3.63) is 11.9 Å². The molecule has 0 unspecified atom stereocenters. The number of hydrogen-bond donors (Lipinski definition) is 1. The van der Waals surface area contributed by atoms with Crippen LogP contribution in [0.3, 0.4) is 0 Å². The molecule has 1 aliphatic carbocycles. The van der Waals surface area contributed by atoms with Gasteiger partial charge in [-0.2, -0.15) is 0 Å². The van der Waals surface area contributed by atoms with Crippen molar-refractivity contribution in [1.82, 2.24) is 15.0 Å². The SMILES string of the molecule is C[C@@H](O)c1cn(CC2CCC2)nn1. The molecule has 0 aromatic carbocycles. The molecule has 1 fully saturated rings. The van der Waals surface area contributed by atoms with E-state index in [0.29, 0.717) is 5.69 Å². The highest BCUT2D eigenvalue weighted by atomic mass is 16.3. The van der Waals surface area contributed by atoms with E-state index in [4.69, 9.17) is 0 Å². The fourth-order valence-corrected chi connectivity index (χ4v) is 1.53. The van der Waals surface area contributed by atoms with E-state index >= 15 is 0 Å². The van der Waals surface area contributed by atoms with E-state index in [1.807, 2.05) is 10.9 Å². The van der Waals surface area contributed by atoms with E-state index in [9.17, 15) is 5.11 Å². The average molecular weight is 181 g/mol. The van der Waals surface area contributed by atoms with Crippen molar-refractivity contribution in [2.75, 3.05) is 0 Å². The number of hydrogen-bond acceptors (Lipinski definition) is 3. The van der Waals surface area contributed by atoms with Crippen LogP contribution >= 0.6 is 0 Å². The molecule has 0 saturated heterocycles. The molecule has 1 atom stereocenters. The summed E-state index contributed by atoms with van der Waals surface area (Å²) in [5, 5.41) is 17.1. The summed E-state index contributed by atoms with van der Waals surface area (Å²) in [7, 11) is 0. The Morgan fingerprint density at radius 2 is 2.46 bits per heavy atom. The zero-order chi connectivity index (χ0) is 9.26. The molecule has 13 heavy (non-hydrogen) atoms. The van der Waals surface area contributed by atoms with Crippen molar-refractivity contribution in [3.8, 4) is 0 Å². The fourth-order valence-electron chi connectivity index (χ4n) is 1.53. The molecule has 2 rings (SSSR count). The van der Waals surface area contributed by atoms with Gasteiger partial charge in [0.1, 0.15) is 5.69 Å². The summed E-state index contributed by atoms with van der Waals surface area (Å²) in [6.45, 7) is 2.66. The lowest BCUT2D eigenvalue weighted by Crippen LogP contribution is -2.18. The van der Waals surface area contributed by atoms with Gasteiger partial charge in [0.05, 0.1) is 12.3 Å². The number of aliphatic hydroxyl groups is 1. The highest BCUT2D eigenvalue weighted by Gasteiger charge is 2.18. The van der Waals surface area contributed by atoms with Gasteiger partial charge in [0.25, 0.3) is 0 Å². The van der Waals surface area contributed by atoms with Crippen molar-refractivity contribution in [2.24, 2.45) is 5.92 Å². The van der Waals surface area contributed by atoms with Gasteiger partial charge in [0, 0.05) is 6.54 Å². The van der Waals surface area contributed by atoms with E-state index in [0.717, 1.165) is 12.5 Å². The number of rotatable bonds is 3. The predicted octanol–water partition coefficient (Wildman–Crippen LogP) is 1.13. The zero-order valence-electron chi connectivity index (χ0n) is 7.85. The van der Waals surface area contributed by atoms with Gasteiger partial charge in [-0.3, -0.25) is 4.68 Å². The van der Waals surface area contributed by atoms with E-state index in [2.05, 4.69) is 10.3 Å². The first-order valence-electron chi connectivity index (χ1n) is 4.84. The van der Waals surface area contributed by atoms with Gasteiger partial charge < -0.3 is 5.11 Å². The summed E-state index contributed by atoms with van der Waals surface area (Å²) < 4.78 is 1.84. The molecule has 1 aromatic rings. The third-order valence-corrected chi connectivity index (χ3v) is 2.65. The zero-order valence-corrected chi connectivity index (χ0v) is 7.85. The molecule has 1 aromatic heterocycles. The van der Waals surface area contributed by atoms with Crippen LogP contribution in [0.2, 0.25) is 0 Å². The first-order valence-corrected chi connectivity index (χ1v) is 4.84. The van der Waals surface area contributed by atoms with Crippen LogP contribution in [0, 0.1) is 5.92 Å². The second-order valence-corrected chi connectivity index (χ2v) is 3.84. The van der Waals surface area contributed by atoms with Crippen LogP contribution in [-0.4, -0.2) is 20.1 Å². The lowest BCUT2D eigenvalue weighted by molar-refractivity contribution is 0.194. The molecule has 0 bridgehead atoms. The van der Waals surface area contributed by atoms with Crippen molar-refractivity contribution in [1.29, 1.82) is 0 Å². The minimum Gasteiger partial charge on any atom is -0.387 e. The van der Waals surface area contributed by atoms with E-state index < -0.39 is 6.10 Å². The fraction of sp³-hybridized carbons (Fsp3) is 0.778. The van der Waals surface area contributed by atoms with Crippen LogP contribution in [0.5, 0.6) is 0 Å². The molecule has 1 saturated carbocycles. The normalized spacial score (nSPS) is 19.8. The van der Waals surface area contributed by atoms with Crippen LogP contribution in [0.1, 0.15) is 38.0 Å². The van der Waals surface area contributed by atoms with Gasteiger partial charge in [0.2, 0.25) is 0 Å². The lowest BCUT2D eigenvalue weighted by atomic mass is 9.85. The monoisotopic (exact) mass is 181 g/mol. The molecular formula is C9H15N3O. The van der Waals surface area contributed by atoms with Gasteiger partial charge in [-0.1, -0.05) is 11.6 Å². The minimum absolute atomic E-state index is 0.504. The maximum Gasteiger partial charge on any atom is 0.111 e. The maximum atomic E-state index is 9.23. The molecule has 0 amide bonds. The molecule has 1 aliphatic rings. The van der Waals surface area contributed by atoms with E-state index in [-0.39, 0.29) is 0 Å². The summed E-state index contributed by atoms with van der Waals surface area (Å²) in [5.74, 6) is 0.781. The Morgan fingerprint density at radius 1 is 1.69 bits per heavy atom. The summed E-state index contributed by atoms with van der Waals surface area (Å²) in [6.07, 6.45) is 5.30. The van der Waals surface area contributed by atoms with Gasteiger partial charge in [-0.05, 0) is 25.7 Å². The summed E-state index contributed by atoms with van der Waals surface area (Å²) in [5.41, 5.74) is 0.666.